The van der Waals surface area contributed by atoms with Gasteiger partial charge in [0.2, 0.25) is 0 Å². The predicted molar refractivity (Wildman–Crippen MR) is 94.5 cm³/mol. The first-order valence-corrected chi connectivity index (χ1v) is 8.24. The minimum absolute atomic E-state index is 0.628. The number of anilines is 1. The highest BCUT2D eigenvalue weighted by Gasteiger charge is 2.01. The largest absolute Gasteiger partial charge is 0.363 e. The van der Waals surface area contributed by atoms with Gasteiger partial charge < -0.3 is 15.5 Å². The lowest BCUT2D eigenvalue weighted by molar-refractivity contribution is 0.823. The molecule has 2 aromatic heterocycles. The molecule has 0 spiro atoms. The fourth-order valence-electron chi connectivity index (χ4n) is 1.90. The van der Waals surface area contributed by atoms with Gasteiger partial charge in [-0.05, 0) is 36.1 Å². The van der Waals surface area contributed by atoms with Crippen molar-refractivity contribution in [3.05, 3.63) is 46.3 Å². The minimum atomic E-state index is 0.628. The number of aliphatic imine (C=N–C) groups is 1. The third-order valence-electron chi connectivity index (χ3n) is 3.04. The first-order chi connectivity index (χ1) is 10.7. The first kappa shape index (κ1) is 16.3. The van der Waals surface area contributed by atoms with Crippen LogP contribution in [0.1, 0.15) is 17.4 Å². The van der Waals surface area contributed by atoms with Gasteiger partial charge in [0.1, 0.15) is 5.82 Å². The van der Waals surface area contributed by atoms with Gasteiger partial charge in [-0.1, -0.05) is 6.07 Å². The monoisotopic (exact) mass is 317 g/mol. The van der Waals surface area contributed by atoms with Crippen molar-refractivity contribution in [2.75, 3.05) is 25.5 Å². The van der Waals surface area contributed by atoms with Crippen molar-refractivity contribution in [1.29, 1.82) is 0 Å². The van der Waals surface area contributed by atoms with Gasteiger partial charge in [-0.3, -0.25) is 0 Å². The number of hydrogen-bond acceptors (Lipinski definition) is 4. The maximum absolute atomic E-state index is 4.64. The van der Waals surface area contributed by atoms with Gasteiger partial charge in [0.15, 0.2) is 5.96 Å². The van der Waals surface area contributed by atoms with Crippen molar-refractivity contribution in [2.24, 2.45) is 4.99 Å². The summed E-state index contributed by atoms with van der Waals surface area (Å²) in [6.07, 6.45) is 1.83. The summed E-state index contributed by atoms with van der Waals surface area (Å²) in [5.74, 6) is 1.78. The van der Waals surface area contributed by atoms with Crippen molar-refractivity contribution in [3.63, 3.8) is 0 Å². The normalized spacial score (nSPS) is 11.3. The summed E-state index contributed by atoms with van der Waals surface area (Å²) in [6, 6.07) is 8.24. The van der Waals surface area contributed by atoms with Crippen LogP contribution in [0.5, 0.6) is 0 Å². The van der Waals surface area contributed by atoms with Crippen LogP contribution in [0.2, 0.25) is 0 Å². The lowest BCUT2D eigenvalue weighted by atomic mass is 10.2. The van der Waals surface area contributed by atoms with Gasteiger partial charge in [-0.15, -0.1) is 11.3 Å². The number of nitrogens with one attached hydrogen (secondary N) is 2. The smallest absolute Gasteiger partial charge is 0.191 e. The predicted octanol–water partition coefficient (Wildman–Crippen LogP) is 2.46. The number of guanidine groups is 1. The van der Waals surface area contributed by atoms with Gasteiger partial charge in [-0.2, -0.15) is 0 Å². The topological polar surface area (TPSA) is 52.6 Å². The molecule has 0 radical (unpaired) electrons. The van der Waals surface area contributed by atoms with Gasteiger partial charge in [0.05, 0.1) is 13.1 Å². The molecule has 0 bridgehead atoms. The molecule has 0 saturated heterocycles. The molecule has 0 aromatic carbocycles. The Morgan fingerprint density at radius 1 is 1.32 bits per heavy atom. The highest BCUT2D eigenvalue weighted by Crippen LogP contribution is 2.10. The SMILES string of the molecule is CCNC(=NCc1ccnc(N(C)C)c1)NCc1cccs1. The van der Waals surface area contributed by atoms with Gasteiger partial charge >= 0.3 is 0 Å². The molecule has 0 atom stereocenters. The molecule has 0 aliphatic heterocycles. The number of thiophene rings is 1. The van der Waals surface area contributed by atoms with Crippen LogP contribution in [0, 0.1) is 0 Å². The van der Waals surface area contributed by atoms with Crippen molar-refractivity contribution in [2.45, 2.75) is 20.0 Å². The summed E-state index contributed by atoms with van der Waals surface area (Å²) in [6.45, 7) is 4.33. The average molecular weight is 317 g/mol. The van der Waals surface area contributed by atoms with E-state index in [0.717, 1.165) is 30.4 Å². The summed E-state index contributed by atoms with van der Waals surface area (Å²) < 4.78 is 0. The van der Waals surface area contributed by atoms with Crippen molar-refractivity contribution in [3.8, 4) is 0 Å². The van der Waals surface area contributed by atoms with Gasteiger partial charge in [-0.25, -0.2) is 9.98 Å². The van der Waals surface area contributed by atoms with E-state index in [4.69, 9.17) is 0 Å². The number of nitrogens with zero attached hydrogens (tertiary/aromatic N) is 3. The Kier molecular flexibility index (Phi) is 6.21. The summed E-state index contributed by atoms with van der Waals surface area (Å²) in [4.78, 5) is 12.2. The summed E-state index contributed by atoms with van der Waals surface area (Å²) >= 11 is 1.74. The maximum atomic E-state index is 4.64. The zero-order chi connectivity index (χ0) is 15.8. The van der Waals surface area contributed by atoms with Crippen LogP contribution < -0.4 is 15.5 Å². The third-order valence-corrected chi connectivity index (χ3v) is 3.92. The van der Waals surface area contributed by atoms with E-state index in [2.05, 4.69) is 51.1 Å². The molecule has 2 N–H and O–H groups in total. The molecule has 2 aromatic rings. The lowest BCUT2D eigenvalue weighted by Crippen LogP contribution is -2.36. The van der Waals surface area contributed by atoms with Crippen LogP contribution in [-0.4, -0.2) is 31.6 Å². The molecule has 5 nitrogen and oxygen atoms in total. The van der Waals surface area contributed by atoms with Crippen molar-refractivity contribution < 1.29 is 0 Å². The van der Waals surface area contributed by atoms with E-state index in [1.807, 2.05) is 31.3 Å². The Bertz CT molecular complexity index is 592. The fourth-order valence-corrected chi connectivity index (χ4v) is 2.54. The van der Waals surface area contributed by atoms with E-state index in [0.29, 0.717) is 6.54 Å². The molecule has 0 saturated carbocycles. The molecule has 2 rings (SSSR count). The second-order valence-corrected chi connectivity index (χ2v) is 6.08. The van der Waals surface area contributed by atoms with E-state index in [-0.39, 0.29) is 0 Å². The van der Waals surface area contributed by atoms with Gasteiger partial charge in [0, 0.05) is 31.7 Å². The Morgan fingerprint density at radius 2 is 2.18 bits per heavy atom. The maximum Gasteiger partial charge on any atom is 0.191 e. The van der Waals surface area contributed by atoms with Crippen LogP contribution in [0.15, 0.2) is 40.8 Å². The van der Waals surface area contributed by atoms with Crippen LogP contribution in [-0.2, 0) is 13.1 Å². The van der Waals surface area contributed by atoms with E-state index < -0.39 is 0 Å². The number of hydrogen-bond donors (Lipinski definition) is 2. The van der Waals surface area contributed by atoms with Crippen molar-refractivity contribution >= 4 is 23.1 Å². The number of pyridine rings is 1. The van der Waals surface area contributed by atoms with E-state index in [9.17, 15) is 0 Å². The second kappa shape index (κ2) is 8.38. The number of aromatic nitrogens is 1. The molecule has 118 valence electrons. The van der Waals surface area contributed by atoms with Crippen LogP contribution in [0.4, 0.5) is 5.82 Å². The summed E-state index contributed by atoms with van der Waals surface area (Å²) in [5.41, 5.74) is 1.15. The quantitative estimate of drug-likeness (QED) is 0.635. The van der Waals surface area contributed by atoms with Gasteiger partial charge in [0.25, 0.3) is 0 Å². The van der Waals surface area contributed by atoms with E-state index in [1.165, 1.54) is 4.88 Å². The Hall–Kier alpha value is -2.08. The molecular formula is C16H23N5S. The number of rotatable bonds is 6. The van der Waals surface area contributed by atoms with Crippen LogP contribution in [0.3, 0.4) is 0 Å². The zero-order valence-corrected chi connectivity index (χ0v) is 14.2. The molecule has 0 unspecified atom stereocenters. The third kappa shape index (κ3) is 5.04. The fraction of sp³-hybridized carbons (Fsp3) is 0.375. The van der Waals surface area contributed by atoms with Crippen LogP contribution in [0.25, 0.3) is 0 Å². The highest BCUT2D eigenvalue weighted by atomic mass is 32.1. The summed E-state index contributed by atoms with van der Waals surface area (Å²) in [7, 11) is 3.98. The molecular weight excluding hydrogens is 294 g/mol. The zero-order valence-electron chi connectivity index (χ0n) is 13.3. The van der Waals surface area contributed by atoms with Crippen molar-refractivity contribution in [1.82, 2.24) is 15.6 Å². The Labute approximate surface area is 136 Å². The molecule has 0 amide bonds. The molecule has 0 fully saturated rings. The Morgan fingerprint density at radius 3 is 2.86 bits per heavy atom. The Balaban J connectivity index is 1.98. The standard InChI is InChI=1S/C16H23N5S/c1-4-17-16(20-12-14-6-5-9-22-14)19-11-13-7-8-18-15(10-13)21(2)3/h5-10H,4,11-12H2,1-3H3,(H2,17,19,20). The average Bonchev–Trinajstić information content (AvgIpc) is 3.03. The van der Waals surface area contributed by atoms with Crippen LogP contribution >= 0.6 is 11.3 Å². The minimum Gasteiger partial charge on any atom is -0.363 e. The lowest BCUT2D eigenvalue weighted by Gasteiger charge is -2.12. The molecule has 6 heteroatoms. The highest BCUT2D eigenvalue weighted by molar-refractivity contribution is 7.09. The van der Waals surface area contributed by atoms with E-state index >= 15 is 0 Å². The molecule has 0 aliphatic carbocycles. The first-order valence-electron chi connectivity index (χ1n) is 7.36. The molecule has 0 aliphatic rings. The van der Waals surface area contributed by atoms with E-state index in [1.54, 1.807) is 11.3 Å². The summed E-state index contributed by atoms with van der Waals surface area (Å²) in [5, 5.41) is 8.71. The molecule has 2 heterocycles. The second-order valence-electron chi connectivity index (χ2n) is 5.04. The molecule has 22 heavy (non-hydrogen) atoms.